The number of rotatable bonds is 2. The fourth-order valence-electron chi connectivity index (χ4n) is 1.49. The van der Waals surface area contributed by atoms with Crippen molar-refractivity contribution < 1.29 is 0 Å². The third-order valence-corrected chi connectivity index (χ3v) is 2.86. The summed E-state index contributed by atoms with van der Waals surface area (Å²) < 4.78 is 0. The van der Waals surface area contributed by atoms with Gasteiger partial charge in [-0.1, -0.05) is 6.42 Å². The molecule has 0 aromatic heterocycles. The quantitative estimate of drug-likeness (QED) is 0.637. The Bertz CT molecular complexity index is 85.0. The SMILES string of the molecule is CSCC1CCCC1N. The van der Waals surface area contributed by atoms with E-state index >= 15 is 0 Å². The van der Waals surface area contributed by atoms with Gasteiger partial charge in [0.1, 0.15) is 0 Å². The van der Waals surface area contributed by atoms with Crippen LogP contribution in [0.5, 0.6) is 0 Å². The Morgan fingerprint density at radius 3 is 2.78 bits per heavy atom. The average Bonchev–Trinajstić information content (AvgIpc) is 2.18. The van der Waals surface area contributed by atoms with Crippen LogP contribution in [0, 0.1) is 5.92 Å². The van der Waals surface area contributed by atoms with Crippen molar-refractivity contribution >= 4 is 11.8 Å². The second-order valence-electron chi connectivity index (χ2n) is 2.81. The van der Waals surface area contributed by atoms with Crippen LogP contribution in [0.3, 0.4) is 0 Å². The number of hydrogen-bond donors (Lipinski definition) is 1. The van der Waals surface area contributed by atoms with Gasteiger partial charge in [-0.15, -0.1) is 0 Å². The molecule has 9 heavy (non-hydrogen) atoms. The highest BCUT2D eigenvalue weighted by Crippen LogP contribution is 2.26. The van der Waals surface area contributed by atoms with E-state index in [2.05, 4.69) is 6.26 Å². The minimum atomic E-state index is 0.512. The minimum absolute atomic E-state index is 0.512. The van der Waals surface area contributed by atoms with Crippen LogP contribution >= 0.6 is 11.8 Å². The first-order chi connectivity index (χ1) is 4.34. The molecule has 0 spiro atoms. The van der Waals surface area contributed by atoms with Crippen molar-refractivity contribution in [3.05, 3.63) is 0 Å². The Kier molecular flexibility index (Phi) is 2.86. The van der Waals surface area contributed by atoms with E-state index in [1.807, 2.05) is 11.8 Å². The standard InChI is InChI=1S/C7H15NS/c1-9-5-6-3-2-4-7(6)8/h6-7H,2-5,8H2,1H3. The lowest BCUT2D eigenvalue weighted by Crippen LogP contribution is -2.25. The summed E-state index contributed by atoms with van der Waals surface area (Å²) in [6.07, 6.45) is 6.13. The van der Waals surface area contributed by atoms with E-state index in [0.717, 1.165) is 5.92 Å². The number of thioether (sulfide) groups is 1. The van der Waals surface area contributed by atoms with Gasteiger partial charge in [0.05, 0.1) is 0 Å². The molecule has 0 aromatic carbocycles. The lowest BCUT2D eigenvalue weighted by atomic mass is 10.1. The summed E-state index contributed by atoms with van der Waals surface area (Å²) in [5.74, 6) is 2.08. The summed E-state index contributed by atoms with van der Waals surface area (Å²) in [7, 11) is 0. The molecule has 1 aliphatic carbocycles. The Balaban J connectivity index is 2.22. The first-order valence-corrected chi connectivity index (χ1v) is 4.98. The van der Waals surface area contributed by atoms with E-state index < -0.39 is 0 Å². The molecule has 1 fully saturated rings. The summed E-state index contributed by atoms with van der Waals surface area (Å²) in [5.41, 5.74) is 5.85. The maximum atomic E-state index is 5.85. The van der Waals surface area contributed by atoms with Crippen LogP contribution in [0.15, 0.2) is 0 Å². The van der Waals surface area contributed by atoms with Crippen LogP contribution in [-0.4, -0.2) is 18.1 Å². The van der Waals surface area contributed by atoms with Gasteiger partial charge in [-0.3, -0.25) is 0 Å². The van der Waals surface area contributed by atoms with Crippen molar-refractivity contribution in [2.24, 2.45) is 11.7 Å². The van der Waals surface area contributed by atoms with Gasteiger partial charge in [-0.2, -0.15) is 11.8 Å². The van der Waals surface area contributed by atoms with Crippen LogP contribution in [0.1, 0.15) is 19.3 Å². The highest BCUT2D eigenvalue weighted by molar-refractivity contribution is 7.98. The average molecular weight is 145 g/mol. The molecule has 2 atom stereocenters. The lowest BCUT2D eigenvalue weighted by Gasteiger charge is -2.12. The summed E-state index contributed by atoms with van der Waals surface area (Å²) in [6, 6.07) is 0.512. The van der Waals surface area contributed by atoms with Gasteiger partial charge in [-0.25, -0.2) is 0 Å². The number of nitrogens with two attached hydrogens (primary N) is 1. The largest absolute Gasteiger partial charge is 0.327 e. The fourth-order valence-corrected chi connectivity index (χ4v) is 2.33. The smallest absolute Gasteiger partial charge is 0.00750 e. The summed E-state index contributed by atoms with van der Waals surface area (Å²) in [4.78, 5) is 0. The van der Waals surface area contributed by atoms with E-state index in [-0.39, 0.29) is 0 Å². The molecule has 1 nitrogen and oxygen atoms in total. The van der Waals surface area contributed by atoms with E-state index in [4.69, 9.17) is 5.73 Å². The maximum absolute atomic E-state index is 5.85. The Hall–Kier alpha value is 0.310. The monoisotopic (exact) mass is 145 g/mol. The molecule has 0 radical (unpaired) electrons. The Morgan fingerprint density at radius 2 is 2.33 bits per heavy atom. The molecule has 2 heteroatoms. The maximum Gasteiger partial charge on any atom is 0.00750 e. The van der Waals surface area contributed by atoms with Gasteiger partial charge in [0.15, 0.2) is 0 Å². The predicted octanol–water partition coefficient (Wildman–Crippen LogP) is 1.48. The molecule has 0 saturated heterocycles. The van der Waals surface area contributed by atoms with Crippen molar-refractivity contribution in [3.63, 3.8) is 0 Å². The van der Waals surface area contributed by atoms with Gasteiger partial charge < -0.3 is 5.73 Å². The zero-order valence-electron chi connectivity index (χ0n) is 5.97. The Labute approximate surface area is 61.4 Å². The summed E-state index contributed by atoms with van der Waals surface area (Å²) in [6.45, 7) is 0. The van der Waals surface area contributed by atoms with Crippen molar-refractivity contribution in [1.29, 1.82) is 0 Å². The van der Waals surface area contributed by atoms with Gasteiger partial charge in [0.25, 0.3) is 0 Å². The predicted molar refractivity (Wildman–Crippen MR) is 43.7 cm³/mol. The highest BCUT2D eigenvalue weighted by Gasteiger charge is 2.22. The molecular formula is C7H15NS. The highest BCUT2D eigenvalue weighted by atomic mass is 32.2. The third kappa shape index (κ3) is 1.87. The van der Waals surface area contributed by atoms with Crippen LogP contribution in [0.4, 0.5) is 0 Å². The molecule has 0 aromatic rings. The lowest BCUT2D eigenvalue weighted by molar-refractivity contribution is 0.536. The second kappa shape index (κ2) is 3.47. The van der Waals surface area contributed by atoms with Crippen LogP contribution < -0.4 is 5.73 Å². The minimum Gasteiger partial charge on any atom is -0.327 e. The first-order valence-electron chi connectivity index (χ1n) is 3.59. The molecule has 1 saturated carbocycles. The summed E-state index contributed by atoms with van der Waals surface area (Å²) in [5, 5.41) is 0. The van der Waals surface area contributed by atoms with E-state index in [0.29, 0.717) is 6.04 Å². The molecule has 0 heterocycles. The molecule has 2 unspecified atom stereocenters. The first kappa shape index (κ1) is 7.42. The topological polar surface area (TPSA) is 26.0 Å². The fraction of sp³-hybridized carbons (Fsp3) is 1.00. The van der Waals surface area contributed by atoms with Crippen molar-refractivity contribution in [2.75, 3.05) is 12.0 Å². The van der Waals surface area contributed by atoms with Crippen LogP contribution in [0.2, 0.25) is 0 Å². The second-order valence-corrected chi connectivity index (χ2v) is 3.72. The molecule has 1 aliphatic rings. The summed E-state index contributed by atoms with van der Waals surface area (Å²) >= 11 is 1.92. The molecule has 54 valence electrons. The molecule has 1 rings (SSSR count). The zero-order valence-corrected chi connectivity index (χ0v) is 6.79. The number of hydrogen-bond acceptors (Lipinski definition) is 2. The molecule has 0 aliphatic heterocycles. The van der Waals surface area contributed by atoms with E-state index in [9.17, 15) is 0 Å². The van der Waals surface area contributed by atoms with Crippen LogP contribution in [0.25, 0.3) is 0 Å². The van der Waals surface area contributed by atoms with E-state index in [1.54, 1.807) is 0 Å². The van der Waals surface area contributed by atoms with Gasteiger partial charge in [0, 0.05) is 6.04 Å². The van der Waals surface area contributed by atoms with Gasteiger partial charge >= 0.3 is 0 Å². The van der Waals surface area contributed by atoms with Crippen molar-refractivity contribution in [1.82, 2.24) is 0 Å². The Morgan fingerprint density at radius 1 is 1.56 bits per heavy atom. The normalized spacial score (nSPS) is 35.3. The zero-order chi connectivity index (χ0) is 6.69. The molecular weight excluding hydrogens is 130 g/mol. The molecule has 2 N–H and O–H groups in total. The van der Waals surface area contributed by atoms with E-state index in [1.165, 1.54) is 25.0 Å². The van der Waals surface area contributed by atoms with Gasteiger partial charge in [-0.05, 0) is 30.8 Å². The van der Waals surface area contributed by atoms with Crippen molar-refractivity contribution in [3.8, 4) is 0 Å². The van der Waals surface area contributed by atoms with Crippen molar-refractivity contribution in [2.45, 2.75) is 25.3 Å². The van der Waals surface area contributed by atoms with Crippen LogP contribution in [-0.2, 0) is 0 Å². The van der Waals surface area contributed by atoms with Gasteiger partial charge in [0.2, 0.25) is 0 Å². The third-order valence-electron chi connectivity index (χ3n) is 2.10. The molecule has 0 amide bonds. The molecule has 0 bridgehead atoms.